The predicted molar refractivity (Wildman–Crippen MR) is 176 cm³/mol. The smallest absolute Gasteiger partial charge is 0.434 e. The lowest BCUT2D eigenvalue weighted by molar-refractivity contribution is -0.0652. The van der Waals surface area contributed by atoms with Gasteiger partial charge < -0.3 is 44.0 Å². The van der Waals surface area contributed by atoms with Gasteiger partial charge in [0.2, 0.25) is 18.9 Å². The fraction of sp³-hybridized carbons (Fsp3) is 0.767. The molecule has 2 aromatic rings. The Morgan fingerprint density at radius 1 is 0.960 bits per heavy atom. The summed E-state index contributed by atoms with van der Waals surface area (Å²) in [5, 5.41) is 25.0. The van der Waals surface area contributed by atoms with Crippen molar-refractivity contribution in [3.05, 3.63) is 11.6 Å². The number of fused-ring (bicyclic) bond motifs is 1. The molecular formula is C30H47ClN5O13P. The highest BCUT2D eigenvalue weighted by molar-refractivity contribution is 7.53. The van der Waals surface area contributed by atoms with Crippen molar-refractivity contribution in [2.45, 2.75) is 97.8 Å². The number of aliphatic hydroxyl groups is 2. The van der Waals surface area contributed by atoms with E-state index in [2.05, 4.69) is 20.3 Å². The molecule has 0 bridgehead atoms. The molecule has 4 atom stereocenters. The monoisotopic (exact) mass is 751 g/mol. The first-order valence-electron chi connectivity index (χ1n) is 16.2. The van der Waals surface area contributed by atoms with Crippen molar-refractivity contribution < 1.29 is 61.8 Å². The molecule has 50 heavy (non-hydrogen) atoms. The second-order valence-corrected chi connectivity index (χ2v) is 16.8. The van der Waals surface area contributed by atoms with Gasteiger partial charge in [-0.3, -0.25) is 18.2 Å². The summed E-state index contributed by atoms with van der Waals surface area (Å²) in [6.07, 6.45) is -2.49. The number of hydrogen-bond donors (Lipinski definition) is 3. The topological polar surface area (TPSA) is 221 Å². The number of imidazole rings is 1. The maximum atomic E-state index is 13.5. The molecule has 18 nitrogen and oxygen atoms in total. The summed E-state index contributed by atoms with van der Waals surface area (Å²) in [5.74, 6) is 0.451. The Kier molecular flexibility index (Phi) is 13.7. The third kappa shape index (κ3) is 11.9. The van der Waals surface area contributed by atoms with Crippen LogP contribution in [0.25, 0.3) is 11.2 Å². The van der Waals surface area contributed by atoms with Crippen LogP contribution in [0.15, 0.2) is 6.33 Å². The highest BCUT2D eigenvalue weighted by Crippen LogP contribution is 2.48. The molecule has 1 aliphatic heterocycles. The van der Waals surface area contributed by atoms with E-state index in [1.54, 1.807) is 0 Å². The summed E-state index contributed by atoms with van der Waals surface area (Å²) in [5.41, 5.74) is 0.0313. The first-order valence-corrected chi connectivity index (χ1v) is 18.3. The second kappa shape index (κ2) is 17.1. The van der Waals surface area contributed by atoms with Crippen LogP contribution in [0.3, 0.4) is 0 Å². The lowest BCUT2D eigenvalue weighted by Crippen LogP contribution is -2.34. The quantitative estimate of drug-likeness (QED) is 0.0946. The molecule has 0 amide bonds. The molecule has 0 spiro atoms. The highest BCUT2D eigenvalue weighted by atomic mass is 35.5. The molecule has 2 aliphatic rings. The summed E-state index contributed by atoms with van der Waals surface area (Å²) >= 11 is 6.23. The van der Waals surface area contributed by atoms with Crippen LogP contribution in [-0.4, -0.2) is 106 Å². The first kappa shape index (κ1) is 39.9. The number of halogens is 1. The number of carbonyl (C=O) groups excluding carboxylic acids is 2. The van der Waals surface area contributed by atoms with Crippen LogP contribution in [0, 0.1) is 10.8 Å². The maximum Gasteiger partial charge on any atom is 0.510 e. The molecule has 4 rings (SSSR count). The van der Waals surface area contributed by atoms with Crippen LogP contribution in [0.2, 0.25) is 5.28 Å². The van der Waals surface area contributed by atoms with Gasteiger partial charge in [0.25, 0.3) is 0 Å². The predicted octanol–water partition coefficient (Wildman–Crippen LogP) is 4.97. The van der Waals surface area contributed by atoms with Crippen molar-refractivity contribution >= 4 is 48.5 Å². The van der Waals surface area contributed by atoms with Crippen molar-refractivity contribution in [2.75, 3.05) is 45.1 Å². The van der Waals surface area contributed by atoms with Crippen LogP contribution in [0.4, 0.5) is 15.4 Å². The Labute approximate surface area is 294 Å². The number of rotatable bonds is 15. The van der Waals surface area contributed by atoms with E-state index in [0.717, 1.165) is 25.7 Å². The molecule has 20 heteroatoms. The molecule has 3 N–H and O–H groups in total. The van der Waals surface area contributed by atoms with Gasteiger partial charge in [0.15, 0.2) is 23.2 Å². The van der Waals surface area contributed by atoms with E-state index in [-0.39, 0.29) is 41.0 Å². The fourth-order valence-electron chi connectivity index (χ4n) is 4.87. The fourth-order valence-corrected chi connectivity index (χ4v) is 6.02. The zero-order valence-electron chi connectivity index (χ0n) is 29.0. The van der Waals surface area contributed by atoms with Gasteiger partial charge >= 0.3 is 19.9 Å². The molecule has 0 radical (unpaired) electrons. The van der Waals surface area contributed by atoms with Gasteiger partial charge in [-0.1, -0.05) is 54.4 Å². The minimum Gasteiger partial charge on any atom is -0.434 e. The molecular weight excluding hydrogens is 705 g/mol. The van der Waals surface area contributed by atoms with E-state index in [1.165, 1.54) is 10.9 Å². The number of aromatic nitrogens is 4. The number of aliphatic hydroxyl groups excluding tert-OH is 2. The molecule has 0 unspecified atom stereocenters. The van der Waals surface area contributed by atoms with Crippen molar-refractivity contribution in [2.24, 2.45) is 10.8 Å². The Morgan fingerprint density at radius 3 is 2.10 bits per heavy atom. The minimum absolute atomic E-state index is 0.0405. The first-order chi connectivity index (χ1) is 23.4. The van der Waals surface area contributed by atoms with Gasteiger partial charge in [-0.05, 0) is 35.3 Å². The summed E-state index contributed by atoms with van der Waals surface area (Å²) < 4.78 is 56.4. The lowest BCUT2D eigenvalue weighted by atomic mass is 9.99. The molecule has 2 fully saturated rings. The van der Waals surface area contributed by atoms with Gasteiger partial charge in [-0.15, -0.1) is 0 Å². The maximum absolute atomic E-state index is 13.5. The van der Waals surface area contributed by atoms with E-state index >= 15 is 0 Å². The van der Waals surface area contributed by atoms with Crippen LogP contribution in [0.1, 0.15) is 73.5 Å². The molecule has 282 valence electrons. The van der Waals surface area contributed by atoms with Crippen LogP contribution < -0.4 is 5.32 Å². The summed E-state index contributed by atoms with van der Waals surface area (Å²) in [6, 6.07) is 0.220. The Hall–Kier alpha value is -2.83. The standard InChI is InChI=1S/C30H47ClN5O13P/c1-29(2,3)12-43-27(39)45-15-47-50(41,48-16-46-28(40)44-13-30(4,5)6)17-42-11-19-21(37)22(38)25(49-19)36-14-32-20-23(33-18-9-7-8-10-18)34-26(31)35-24(20)36/h14,18-19,21-22,25,37-38H,7-13,15-17H2,1-6H3,(H,33,34,35)/t19-,21-,22-,25-/m1/s1. The summed E-state index contributed by atoms with van der Waals surface area (Å²) in [6.45, 7) is 9.10. The molecule has 0 aromatic carbocycles. The average Bonchev–Trinajstić information content (AvgIpc) is 3.75. The molecule has 3 heterocycles. The number of nitrogens with zero attached hydrogens (tertiary/aromatic N) is 4. The van der Waals surface area contributed by atoms with Crippen molar-refractivity contribution in [1.29, 1.82) is 0 Å². The third-order valence-corrected chi connectivity index (χ3v) is 9.00. The molecule has 1 saturated heterocycles. The highest BCUT2D eigenvalue weighted by Gasteiger charge is 2.45. The summed E-state index contributed by atoms with van der Waals surface area (Å²) in [4.78, 5) is 36.9. The Balaban J connectivity index is 1.36. The number of hydrogen-bond acceptors (Lipinski definition) is 17. The van der Waals surface area contributed by atoms with Crippen molar-refractivity contribution in [1.82, 2.24) is 19.5 Å². The third-order valence-electron chi connectivity index (χ3n) is 7.33. The van der Waals surface area contributed by atoms with E-state index in [9.17, 15) is 24.4 Å². The van der Waals surface area contributed by atoms with Crippen LogP contribution in [-0.2, 0) is 42.0 Å². The zero-order valence-corrected chi connectivity index (χ0v) is 30.7. The molecule has 1 saturated carbocycles. The van der Waals surface area contributed by atoms with E-state index in [1.807, 2.05) is 41.5 Å². The zero-order chi connectivity index (χ0) is 36.7. The Bertz CT molecular complexity index is 1450. The van der Waals surface area contributed by atoms with Gasteiger partial charge in [0.05, 0.1) is 26.1 Å². The number of anilines is 1. The second-order valence-electron chi connectivity index (χ2n) is 14.4. The SMILES string of the molecule is CC(C)(C)COC(=O)OCOP(=O)(COC[C@H]1O[C@@H](n2cnc3c(NC4CCCC4)nc(Cl)nc32)[C@H](O)[C@@H]1O)OCOC(=O)OCC(C)(C)C. The van der Waals surface area contributed by atoms with Gasteiger partial charge in [0.1, 0.15) is 24.7 Å². The van der Waals surface area contributed by atoms with Crippen molar-refractivity contribution in [3.63, 3.8) is 0 Å². The molecule has 2 aromatic heterocycles. The molecule has 1 aliphatic carbocycles. The van der Waals surface area contributed by atoms with Crippen LogP contribution >= 0.6 is 19.2 Å². The largest absolute Gasteiger partial charge is 0.510 e. The van der Waals surface area contributed by atoms with Crippen LogP contribution in [0.5, 0.6) is 0 Å². The summed E-state index contributed by atoms with van der Waals surface area (Å²) in [7, 11) is -4.29. The number of ether oxygens (including phenoxy) is 6. The van der Waals surface area contributed by atoms with E-state index in [0.29, 0.717) is 11.3 Å². The lowest BCUT2D eigenvalue weighted by Gasteiger charge is -2.21. The van der Waals surface area contributed by atoms with Crippen molar-refractivity contribution in [3.8, 4) is 0 Å². The number of carbonyl (C=O) groups is 2. The Morgan fingerprint density at radius 2 is 1.54 bits per heavy atom. The number of nitrogens with one attached hydrogen (secondary N) is 1. The average molecular weight is 752 g/mol. The minimum atomic E-state index is -4.29. The van der Waals surface area contributed by atoms with E-state index in [4.69, 9.17) is 49.1 Å². The van der Waals surface area contributed by atoms with E-state index < -0.39 is 71.0 Å². The normalized spacial score (nSPS) is 21.8. The van der Waals surface area contributed by atoms with Gasteiger partial charge in [-0.25, -0.2) is 14.6 Å². The van der Waals surface area contributed by atoms with Gasteiger partial charge in [-0.2, -0.15) is 9.97 Å². The van der Waals surface area contributed by atoms with Gasteiger partial charge in [0, 0.05) is 6.04 Å².